The minimum Gasteiger partial charge on any atom is -0.766 e. The number of hydrazine groups is 1. The zero-order chi connectivity index (χ0) is 6.57. The van der Waals surface area contributed by atoms with Gasteiger partial charge < -0.3 is 4.55 Å². The molecule has 0 aromatic rings. The predicted molar refractivity (Wildman–Crippen MR) is 26.1 cm³/mol. The van der Waals surface area contributed by atoms with E-state index in [4.69, 9.17) is 0 Å². The first-order valence-corrected chi connectivity index (χ1v) is 2.81. The number of carbonyl (C=O) groups excluding carboxylic acids is 1. The van der Waals surface area contributed by atoms with Crippen molar-refractivity contribution < 1.29 is 13.6 Å². The van der Waals surface area contributed by atoms with Crippen LogP contribution in [0, 0.1) is 0 Å². The van der Waals surface area contributed by atoms with E-state index in [1.54, 1.807) is 0 Å². The molecule has 8 heavy (non-hydrogen) atoms. The third-order valence-corrected chi connectivity index (χ3v) is 0.948. The summed E-state index contributed by atoms with van der Waals surface area (Å²) in [6.07, 6.45) is 0. The highest BCUT2D eigenvalue weighted by atomic mass is 32.2. The molecular weight excluding hydrogens is 132 g/mol. The van der Waals surface area contributed by atoms with Crippen LogP contribution in [0.3, 0.4) is 0 Å². The lowest BCUT2D eigenvalue weighted by atomic mass is 10.8. The van der Waals surface area contributed by atoms with Gasteiger partial charge in [-0.15, -0.1) is 0 Å². The fraction of sp³-hybridized carbons (Fsp3) is 0.500. The number of hydrogen-bond donors (Lipinski definition) is 2. The quantitative estimate of drug-likeness (QED) is 0.257. The summed E-state index contributed by atoms with van der Waals surface area (Å²) < 4.78 is 19.3. The standard InChI is InChI=1S/C2H6N2O3S/c3-4-1-2(5)8(6)7/h4H,1,3H2,(H,6,7)/p-1. The molecule has 0 saturated heterocycles. The lowest BCUT2D eigenvalue weighted by Crippen LogP contribution is -2.30. The van der Waals surface area contributed by atoms with Gasteiger partial charge in [-0.1, -0.05) is 0 Å². The molecule has 0 aliphatic carbocycles. The Kier molecular flexibility index (Phi) is 3.53. The van der Waals surface area contributed by atoms with Crippen LogP contribution >= 0.6 is 0 Å². The highest BCUT2D eigenvalue weighted by Gasteiger charge is 1.96. The fourth-order valence-corrected chi connectivity index (χ4v) is 0.343. The highest BCUT2D eigenvalue weighted by Crippen LogP contribution is 1.71. The Morgan fingerprint density at radius 3 is 2.50 bits per heavy atom. The number of nitrogens with one attached hydrogen (secondary N) is 1. The Hall–Kier alpha value is -0.300. The van der Waals surface area contributed by atoms with Gasteiger partial charge >= 0.3 is 0 Å². The van der Waals surface area contributed by atoms with Crippen LogP contribution in [0.2, 0.25) is 0 Å². The second kappa shape index (κ2) is 3.67. The van der Waals surface area contributed by atoms with Gasteiger partial charge in [0.1, 0.15) is 0 Å². The van der Waals surface area contributed by atoms with Gasteiger partial charge in [-0.3, -0.25) is 20.3 Å². The third kappa shape index (κ3) is 2.80. The van der Waals surface area contributed by atoms with Gasteiger partial charge in [0.15, 0.2) is 0 Å². The summed E-state index contributed by atoms with van der Waals surface area (Å²) in [7, 11) is 0. The summed E-state index contributed by atoms with van der Waals surface area (Å²) in [5.41, 5.74) is 1.91. The number of nitrogens with two attached hydrogens (primary N) is 1. The molecule has 0 aromatic carbocycles. The van der Waals surface area contributed by atoms with E-state index in [2.05, 4.69) is 5.84 Å². The zero-order valence-electron chi connectivity index (χ0n) is 3.92. The summed E-state index contributed by atoms with van der Waals surface area (Å²) in [6.45, 7) is -0.337. The van der Waals surface area contributed by atoms with Crippen LogP contribution in [0.5, 0.6) is 0 Å². The molecule has 0 spiro atoms. The smallest absolute Gasteiger partial charge is 0.220 e. The van der Waals surface area contributed by atoms with Gasteiger partial charge in [0, 0.05) is 11.1 Å². The largest absolute Gasteiger partial charge is 0.766 e. The zero-order valence-corrected chi connectivity index (χ0v) is 4.73. The summed E-state index contributed by atoms with van der Waals surface area (Å²) in [6, 6.07) is 0. The van der Waals surface area contributed by atoms with E-state index < -0.39 is 16.2 Å². The average molecular weight is 137 g/mol. The third-order valence-electron chi connectivity index (χ3n) is 0.432. The van der Waals surface area contributed by atoms with Gasteiger partial charge in [0.05, 0.1) is 6.54 Å². The fourth-order valence-electron chi connectivity index (χ4n) is 0.142. The van der Waals surface area contributed by atoms with Crippen LogP contribution in [0.15, 0.2) is 0 Å². The molecule has 0 rings (SSSR count). The van der Waals surface area contributed by atoms with E-state index >= 15 is 0 Å². The minimum atomic E-state index is -2.64. The molecule has 1 atom stereocenters. The van der Waals surface area contributed by atoms with Crippen LogP contribution < -0.4 is 11.3 Å². The molecule has 0 radical (unpaired) electrons. The number of carbonyl (C=O) groups is 1. The van der Waals surface area contributed by atoms with Crippen molar-refractivity contribution in [2.75, 3.05) is 6.54 Å². The maximum absolute atomic E-state index is 9.99. The summed E-state index contributed by atoms with van der Waals surface area (Å²) in [4.78, 5) is 9.99. The molecule has 3 N–H and O–H groups in total. The van der Waals surface area contributed by atoms with Crippen molar-refractivity contribution in [2.45, 2.75) is 0 Å². The molecule has 0 aliphatic heterocycles. The minimum absolute atomic E-state index is 0.337. The van der Waals surface area contributed by atoms with Gasteiger partial charge in [-0.2, -0.15) is 0 Å². The van der Waals surface area contributed by atoms with Crippen molar-refractivity contribution in [2.24, 2.45) is 5.84 Å². The molecule has 0 saturated carbocycles. The lowest BCUT2D eigenvalue weighted by molar-refractivity contribution is -0.111. The molecule has 5 nitrogen and oxygen atoms in total. The molecule has 0 aliphatic rings. The van der Waals surface area contributed by atoms with Crippen LogP contribution in [-0.2, 0) is 15.9 Å². The van der Waals surface area contributed by atoms with Crippen molar-refractivity contribution in [1.29, 1.82) is 0 Å². The van der Waals surface area contributed by atoms with Gasteiger partial charge in [-0.05, 0) is 0 Å². The summed E-state index contributed by atoms with van der Waals surface area (Å²) in [5, 5.41) is -0.937. The second-order valence-electron chi connectivity index (χ2n) is 0.988. The van der Waals surface area contributed by atoms with E-state index in [0.717, 1.165) is 0 Å². The Labute approximate surface area is 48.5 Å². The van der Waals surface area contributed by atoms with Crippen molar-refractivity contribution in [3.8, 4) is 0 Å². The topological polar surface area (TPSA) is 95.2 Å². The number of rotatable bonds is 2. The first kappa shape index (κ1) is 7.70. The van der Waals surface area contributed by atoms with E-state index in [1.165, 1.54) is 0 Å². The van der Waals surface area contributed by atoms with Crippen molar-refractivity contribution in [3.05, 3.63) is 0 Å². The highest BCUT2D eigenvalue weighted by molar-refractivity contribution is 7.95. The molecular formula is C2H5N2O3S-. The molecule has 1 unspecified atom stereocenters. The van der Waals surface area contributed by atoms with Crippen molar-refractivity contribution >= 4 is 16.2 Å². The lowest BCUT2D eigenvalue weighted by Gasteiger charge is -1.99. The van der Waals surface area contributed by atoms with Crippen molar-refractivity contribution in [3.63, 3.8) is 0 Å². The monoisotopic (exact) mass is 137 g/mol. The normalized spacial score (nSPS) is 13.2. The second-order valence-corrected chi connectivity index (χ2v) is 1.91. The summed E-state index contributed by atoms with van der Waals surface area (Å²) >= 11 is -2.64. The molecule has 48 valence electrons. The molecule has 0 aromatic heterocycles. The van der Waals surface area contributed by atoms with Crippen molar-refractivity contribution in [1.82, 2.24) is 5.43 Å². The molecule has 0 heterocycles. The van der Waals surface area contributed by atoms with Crippen LogP contribution in [0.1, 0.15) is 0 Å². The van der Waals surface area contributed by atoms with E-state index in [9.17, 15) is 13.6 Å². The SMILES string of the molecule is NNCC(=O)S(=O)[O-]. The Morgan fingerprint density at radius 1 is 1.88 bits per heavy atom. The van der Waals surface area contributed by atoms with E-state index in [0.29, 0.717) is 0 Å². The first-order chi connectivity index (χ1) is 3.68. The Balaban J connectivity index is 3.49. The van der Waals surface area contributed by atoms with Crippen LogP contribution in [0.4, 0.5) is 0 Å². The van der Waals surface area contributed by atoms with E-state index in [-0.39, 0.29) is 6.54 Å². The first-order valence-electron chi connectivity index (χ1n) is 1.74. The summed E-state index contributed by atoms with van der Waals surface area (Å²) in [5.74, 6) is 4.62. The van der Waals surface area contributed by atoms with Gasteiger partial charge in [0.2, 0.25) is 5.12 Å². The predicted octanol–water partition coefficient (Wildman–Crippen LogP) is -2.14. The van der Waals surface area contributed by atoms with Crippen LogP contribution in [0.25, 0.3) is 0 Å². The number of hydrogen-bond acceptors (Lipinski definition) is 5. The molecule has 6 heteroatoms. The molecule has 0 amide bonds. The molecule has 0 bridgehead atoms. The van der Waals surface area contributed by atoms with E-state index in [1.807, 2.05) is 5.43 Å². The Bertz CT molecular complexity index is 114. The maximum atomic E-state index is 9.99. The van der Waals surface area contributed by atoms with Crippen LogP contribution in [-0.4, -0.2) is 20.4 Å². The molecule has 0 fully saturated rings. The van der Waals surface area contributed by atoms with Gasteiger partial charge in [-0.25, -0.2) is 0 Å². The maximum Gasteiger partial charge on any atom is 0.220 e. The van der Waals surface area contributed by atoms with Gasteiger partial charge in [0.25, 0.3) is 0 Å². The average Bonchev–Trinajstić information content (AvgIpc) is 1.67. The Morgan fingerprint density at radius 2 is 2.38 bits per heavy atom.